The first-order valence-electron chi connectivity index (χ1n) is 5.66. The third-order valence-electron chi connectivity index (χ3n) is 2.53. The van der Waals surface area contributed by atoms with Crippen molar-refractivity contribution in [3.8, 4) is 5.69 Å². The van der Waals surface area contributed by atoms with Crippen molar-refractivity contribution in [1.82, 2.24) is 4.57 Å². The fourth-order valence-corrected chi connectivity index (χ4v) is 1.60. The van der Waals surface area contributed by atoms with Crippen LogP contribution in [0.2, 0.25) is 0 Å². The van der Waals surface area contributed by atoms with E-state index in [1.54, 1.807) is 22.9 Å². The second-order valence-corrected chi connectivity index (χ2v) is 3.89. The van der Waals surface area contributed by atoms with E-state index in [0.717, 1.165) is 17.1 Å². The van der Waals surface area contributed by atoms with Gasteiger partial charge in [-0.05, 0) is 37.3 Å². The summed E-state index contributed by atoms with van der Waals surface area (Å²) in [5.74, 6) is 0. The highest BCUT2D eigenvalue weighted by Gasteiger charge is 1.99. The summed E-state index contributed by atoms with van der Waals surface area (Å²) in [5, 5.41) is 0. The minimum Gasteiger partial charge on any atom is -0.284 e. The van der Waals surface area contributed by atoms with Crippen LogP contribution in [0.15, 0.2) is 71.1 Å². The second-order valence-electron chi connectivity index (χ2n) is 3.89. The lowest BCUT2D eigenvalue weighted by molar-refractivity contribution is 0.990. The van der Waals surface area contributed by atoms with Gasteiger partial charge in [0.05, 0.1) is 11.4 Å². The molecule has 0 spiro atoms. The van der Waals surface area contributed by atoms with Gasteiger partial charge in [0, 0.05) is 18.0 Å². The van der Waals surface area contributed by atoms with E-state index in [9.17, 15) is 4.79 Å². The van der Waals surface area contributed by atoms with Crippen molar-refractivity contribution < 1.29 is 0 Å². The van der Waals surface area contributed by atoms with Gasteiger partial charge in [0.2, 0.25) is 0 Å². The molecule has 0 saturated heterocycles. The van der Waals surface area contributed by atoms with E-state index in [-0.39, 0.29) is 5.56 Å². The Kier molecular flexibility index (Phi) is 3.53. The molecule has 0 bridgehead atoms. The van der Waals surface area contributed by atoms with Crippen LogP contribution >= 0.6 is 0 Å². The molecule has 1 heterocycles. The maximum atomic E-state index is 11.7. The van der Waals surface area contributed by atoms with Crippen molar-refractivity contribution in [1.29, 1.82) is 0 Å². The Hall–Kier alpha value is -2.42. The van der Waals surface area contributed by atoms with Crippen molar-refractivity contribution in [2.75, 3.05) is 0 Å². The third-order valence-corrected chi connectivity index (χ3v) is 2.53. The Morgan fingerprint density at radius 2 is 2.11 bits per heavy atom. The van der Waals surface area contributed by atoms with Crippen molar-refractivity contribution in [2.45, 2.75) is 6.92 Å². The molecule has 2 rings (SSSR count). The van der Waals surface area contributed by atoms with Crippen LogP contribution in [-0.4, -0.2) is 10.3 Å². The average Bonchev–Trinajstić information content (AvgIpc) is 2.39. The fraction of sp³-hybridized carbons (Fsp3) is 0.0667. The van der Waals surface area contributed by atoms with Gasteiger partial charge >= 0.3 is 0 Å². The van der Waals surface area contributed by atoms with Gasteiger partial charge in [-0.1, -0.05) is 18.7 Å². The summed E-state index contributed by atoms with van der Waals surface area (Å²) in [4.78, 5) is 16.1. The van der Waals surface area contributed by atoms with Crippen LogP contribution in [-0.2, 0) is 0 Å². The molecule has 0 aliphatic heterocycles. The van der Waals surface area contributed by atoms with E-state index < -0.39 is 0 Å². The fourth-order valence-electron chi connectivity index (χ4n) is 1.60. The van der Waals surface area contributed by atoms with Crippen LogP contribution in [0.4, 0.5) is 5.69 Å². The summed E-state index contributed by atoms with van der Waals surface area (Å²) >= 11 is 0. The Morgan fingerprint density at radius 1 is 1.28 bits per heavy atom. The number of aromatic nitrogens is 1. The summed E-state index contributed by atoms with van der Waals surface area (Å²) in [6.45, 7) is 5.55. The van der Waals surface area contributed by atoms with E-state index in [1.807, 2.05) is 37.3 Å². The first kappa shape index (κ1) is 12.0. The van der Waals surface area contributed by atoms with Crippen LogP contribution in [0.1, 0.15) is 6.92 Å². The van der Waals surface area contributed by atoms with E-state index in [4.69, 9.17) is 0 Å². The number of hydrogen-bond acceptors (Lipinski definition) is 2. The molecule has 0 amide bonds. The van der Waals surface area contributed by atoms with Crippen LogP contribution in [0.5, 0.6) is 0 Å². The van der Waals surface area contributed by atoms with Crippen molar-refractivity contribution in [2.24, 2.45) is 4.99 Å². The number of nitrogens with zero attached hydrogens (tertiary/aromatic N) is 2. The first-order chi connectivity index (χ1) is 8.70. The Bertz CT molecular complexity index is 653. The van der Waals surface area contributed by atoms with Crippen LogP contribution < -0.4 is 5.56 Å². The number of aliphatic imine (C=N–C) groups is 1. The van der Waals surface area contributed by atoms with Crippen LogP contribution in [0.25, 0.3) is 5.69 Å². The van der Waals surface area contributed by atoms with Gasteiger partial charge in [-0.2, -0.15) is 0 Å². The molecule has 3 nitrogen and oxygen atoms in total. The zero-order valence-electron chi connectivity index (χ0n) is 10.2. The van der Waals surface area contributed by atoms with Gasteiger partial charge in [0.15, 0.2) is 0 Å². The standard InChI is InChI=1S/C15H14N2O/c1-3-12(2)16-13-7-6-8-14(11-13)17-10-5-4-9-15(17)18/h3-11H,1H2,2H3. The lowest BCUT2D eigenvalue weighted by Crippen LogP contribution is -2.15. The molecule has 0 atom stereocenters. The van der Waals surface area contributed by atoms with Crippen molar-refractivity contribution in [3.05, 3.63) is 71.7 Å². The van der Waals surface area contributed by atoms with Gasteiger partial charge in [0.25, 0.3) is 5.56 Å². The van der Waals surface area contributed by atoms with Gasteiger partial charge in [-0.25, -0.2) is 0 Å². The highest BCUT2D eigenvalue weighted by Crippen LogP contribution is 2.16. The average molecular weight is 238 g/mol. The molecule has 0 unspecified atom stereocenters. The number of benzene rings is 1. The molecule has 1 aromatic heterocycles. The second kappa shape index (κ2) is 5.27. The zero-order chi connectivity index (χ0) is 13.0. The molecule has 18 heavy (non-hydrogen) atoms. The maximum Gasteiger partial charge on any atom is 0.255 e. The van der Waals surface area contributed by atoms with Gasteiger partial charge in [-0.3, -0.25) is 14.4 Å². The number of rotatable bonds is 3. The molecule has 1 aromatic carbocycles. The van der Waals surface area contributed by atoms with Gasteiger partial charge < -0.3 is 0 Å². The van der Waals surface area contributed by atoms with Gasteiger partial charge in [-0.15, -0.1) is 0 Å². The number of allylic oxidation sites excluding steroid dienone is 1. The van der Waals surface area contributed by atoms with E-state index in [1.165, 1.54) is 6.07 Å². The molecule has 0 radical (unpaired) electrons. The molecular formula is C15H14N2O. The molecule has 2 aromatic rings. The minimum absolute atomic E-state index is 0.0564. The van der Waals surface area contributed by atoms with E-state index in [2.05, 4.69) is 11.6 Å². The Balaban J connectivity index is 2.49. The maximum absolute atomic E-state index is 11.7. The molecule has 0 aliphatic carbocycles. The van der Waals surface area contributed by atoms with E-state index >= 15 is 0 Å². The summed E-state index contributed by atoms with van der Waals surface area (Å²) < 4.78 is 1.59. The highest BCUT2D eigenvalue weighted by molar-refractivity contribution is 5.94. The smallest absolute Gasteiger partial charge is 0.255 e. The molecule has 0 fully saturated rings. The van der Waals surface area contributed by atoms with Crippen molar-refractivity contribution in [3.63, 3.8) is 0 Å². The summed E-state index contributed by atoms with van der Waals surface area (Å²) in [6.07, 6.45) is 3.44. The normalized spacial score (nSPS) is 11.3. The molecular weight excluding hydrogens is 224 g/mol. The minimum atomic E-state index is -0.0564. The largest absolute Gasteiger partial charge is 0.284 e. The van der Waals surface area contributed by atoms with Crippen LogP contribution in [0, 0.1) is 0 Å². The molecule has 90 valence electrons. The van der Waals surface area contributed by atoms with E-state index in [0.29, 0.717) is 0 Å². The lowest BCUT2D eigenvalue weighted by Gasteiger charge is -2.05. The highest BCUT2D eigenvalue weighted by atomic mass is 16.1. The summed E-state index contributed by atoms with van der Waals surface area (Å²) in [6, 6.07) is 12.6. The molecule has 0 aliphatic rings. The number of hydrogen-bond donors (Lipinski definition) is 0. The summed E-state index contributed by atoms with van der Waals surface area (Å²) in [5.41, 5.74) is 2.39. The third kappa shape index (κ3) is 2.63. The monoisotopic (exact) mass is 238 g/mol. The predicted molar refractivity (Wildman–Crippen MR) is 75.0 cm³/mol. The first-order valence-corrected chi connectivity index (χ1v) is 5.66. The molecule has 0 N–H and O–H groups in total. The zero-order valence-corrected chi connectivity index (χ0v) is 10.2. The number of pyridine rings is 1. The Morgan fingerprint density at radius 3 is 2.83 bits per heavy atom. The lowest BCUT2D eigenvalue weighted by atomic mass is 10.2. The predicted octanol–water partition coefficient (Wildman–Crippen LogP) is 3.12. The quantitative estimate of drug-likeness (QED) is 0.756. The Labute approximate surface area is 106 Å². The summed E-state index contributed by atoms with van der Waals surface area (Å²) in [7, 11) is 0. The van der Waals surface area contributed by atoms with Crippen molar-refractivity contribution >= 4 is 11.4 Å². The topological polar surface area (TPSA) is 34.4 Å². The molecule has 0 saturated carbocycles. The SMILES string of the molecule is C=CC(C)=Nc1cccc(-n2ccccc2=O)c1. The van der Waals surface area contributed by atoms with Crippen LogP contribution in [0.3, 0.4) is 0 Å². The molecule has 3 heteroatoms. The van der Waals surface area contributed by atoms with Gasteiger partial charge in [0.1, 0.15) is 0 Å².